The zero-order chi connectivity index (χ0) is 19.2. The predicted octanol–water partition coefficient (Wildman–Crippen LogP) is 2.73. The van der Waals surface area contributed by atoms with Crippen molar-refractivity contribution in [3.8, 4) is 5.75 Å². The number of hydrogen-bond acceptors (Lipinski definition) is 4. The van der Waals surface area contributed by atoms with Crippen LogP contribution in [0.25, 0.3) is 0 Å². The van der Waals surface area contributed by atoms with Crippen LogP contribution in [0.4, 0.5) is 4.39 Å². The molecule has 1 amide bonds. The molecule has 6 nitrogen and oxygen atoms in total. The minimum absolute atomic E-state index is 0.0199. The second kappa shape index (κ2) is 9.32. The van der Waals surface area contributed by atoms with Crippen molar-refractivity contribution < 1.29 is 22.3 Å². The summed E-state index contributed by atoms with van der Waals surface area (Å²) in [7, 11) is -2.80. The van der Waals surface area contributed by atoms with Crippen molar-refractivity contribution in [1.29, 1.82) is 0 Å². The van der Waals surface area contributed by atoms with Gasteiger partial charge in [-0.2, -0.15) is 4.72 Å². The molecule has 2 rings (SSSR count). The Morgan fingerprint density at radius 3 is 2.42 bits per heavy atom. The van der Waals surface area contributed by atoms with Crippen molar-refractivity contribution in [3.63, 3.8) is 0 Å². The molecule has 1 aromatic rings. The van der Waals surface area contributed by atoms with Gasteiger partial charge in [-0.05, 0) is 38.0 Å². The number of halogens is 1. The summed E-state index contributed by atoms with van der Waals surface area (Å²) in [5, 5.41) is 2.93. The van der Waals surface area contributed by atoms with E-state index in [1.54, 1.807) is 0 Å². The monoisotopic (exact) mass is 386 g/mol. The molecule has 1 saturated carbocycles. The van der Waals surface area contributed by atoms with Crippen LogP contribution in [0.15, 0.2) is 23.1 Å². The van der Waals surface area contributed by atoms with Gasteiger partial charge < -0.3 is 10.1 Å². The third kappa shape index (κ3) is 5.67. The fourth-order valence-corrected chi connectivity index (χ4v) is 4.52. The lowest BCUT2D eigenvalue weighted by molar-refractivity contribution is -0.123. The first-order chi connectivity index (χ1) is 12.3. The van der Waals surface area contributed by atoms with Crippen molar-refractivity contribution in [2.45, 2.75) is 68.8 Å². The molecule has 1 aromatic carbocycles. The molecule has 0 radical (unpaired) electrons. The van der Waals surface area contributed by atoms with Gasteiger partial charge >= 0.3 is 0 Å². The topological polar surface area (TPSA) is 84.5 Å². The largest absolute Gasteiger partial charge is 0.495 e. The first kappa shape index (κ1) is 20.6. The second-order valence-electron chi connectivity index (χ2n) is 6.69. The van der Waals surface area contributed by atoms with Crippen LogP contribution in [-0.4, -0.2) is 33.5 Å². The van der Waals surface area contributed by atoms with Crippen molar-refractivity contribution in [3.05, 3.63) is 24.0 Å². The van der Waals surface area contributed by atoms with E-state index in [2.05, 4.69) is 10.0 Å². The number of benzene rings is 1. The lowest BCUT2D eigenvalue weighted by Gasteiger charge is -2.23. The van der Waals surface area contributed by atoms with E-state index in [0.29, 0.717) is 0 Å². The van der Waals surface area contributed by atoms with E-state index in [1.807, 2.05) is 0 Å². The van der Waals surface area contributed by atoms with Crippen LogP contribution < -0.4 is 14.8 Å². The second-order valence-corrected chi connectivity index (χ2v) is 8.37. The number of hydrogen-bond donors (Lipinski definition) is 2. The normalized spacial score (nSPS) is 17.8. The Kier molecular flexibility index (Phi) is 7.40. The highest BCUT2D eigenvalue weighted by Gasteiger charge is 2.26. The highest BCUT2D eigenvalue weighted by Crippen LogP contribution is 2.24. The van der Waals surface area contributed by atoms with Gasteiger partial charge in [-0.1, -0.05) is 32.1 Å². The Morgan fingerprint density at radius 1 is 1.19 bits per heavy atom. The number of ether oxygens (including phenoxy) is 1. The minimum atomic E-state index is -4.10. The summed E-state index contributed by atoms with van der Waals surface area (Å²) in [6, 6.07) is 2.32. The fraction of sp³-hybridized carbons (Fsp3) is 0.611. The van der Waals surface area contributed by atoms with Crippen LogP contribution in [0.2, 0.25) is 0 Å². The summed E-state index contributed by atoms with van der Waals surface area (Å²) in [5.41, 5.74) is 0. The summed E-state index contributed by atoms with van der Waals surface area (Å²) >= 11 is 0. The van der Waals surface area contributed by atoms with E-state index in [1.165, 1.54) is 26.5 Å². The van der Waals surface area contributed by atoms with Gasteiger partial charge in [-0.25, -0.2) is 12.8 Å². The lowest BCUT2D eigenvalue weighted by Crippen LogP contribution is -2.48. The molecule has 0 aliphatic heterocycles. The molecule has 0 heterocycles. The summed E-state index contributed by atoms with van der Waals surface area (Å²) in [6.07, 6.45) is 7.48. The van der Waals surface area contributed by atoms with Gasteiger partial charge in [-0.3, -0.25) is 4.79 Å². The van der Waals surface area contributed by atoms with E-state index < -0.39 is 21.9 Å². The number of carbonyl (C=O) groups excluding carboxylic acids is 1. The van der Waals surface area contributed by atoms with Gasteiger partial charge in [-0.15, -0.1) is 0 Å². The van der Waals surface area contributed by atoms with E-state index in [0.717, 1.165) is 50.7 Å². The fourth-order valence-electron chi connectivity index (χ4n) is 3.14. The zero-order valence-electron chi connectivity index (χ0n) is 15.3. The number of rotatable bonds is 6. The Balaban J connectivity index is 2.04. The third-order valence-electron chi connectivity index (χ3n) is 4.59. The Labute approximate surface area is 154 Å². The lowest BCUT2D eigenvalue weighted by atomic mass is 9.96. The van der Waals surface area contributed by atoms with Crippen LogP contribution in [0, 0.1) is 5.82 Å². The zero-order valence-corrected chi connectivity index (χ0v) is 16.1. The maximum absolute atomic E-state index is 13.5. The molecule has 0 spiro atoms. The van der Waals surface area contributed by atoms with E-state index in [4.69, 9.17) is 4.74 Å². The Hall–Kier alpha value is -1.67. The quantitative estimate of drug-likeness (QED) is 0.787. The van der Waals surface area contributed by atoms with Gasteiger partial charge in [0, 0.05) is 6.04 Å². The molecular weight excluding hydrogens is 359 g/mol. The van der Waals surface area contributed by atoms with E-state index >= 15 is 0 Å². The molecule has 146 valence electrons. The molecule has 1 atom stereocenters. The van der Waals surface area contributed by atoms with Crippen LogP contribution in [0.1, 0.15) is 51.9 Å². The van der Waals surface area contributed by atoms with Gasteiger partial charge in [0.1, 0.15) is 16.5 Å². The first-order valence-electron chi connectivity index (χ1n) is 8.99. The van der Waals surface area contributed by atoms with Crippen molar-refractivity contribution in [2.75, 3.05) is 7.11 Å². The maximum atomic E-state index is 13.5. The van der Waals surface area contributed by atoms with Crippen LogP contribution in [0.3, 0.4) is 0 Å². The molecule has 0 bridgehead atoms. The van der Waals surface area contributed by atoms with Crippen molar-refractivity contribution in [1.82, 2.24) is 10.0 Å². The summed E-state index contributed by atoms with van der Waals surface area (Å²) in [5.74, 6) is -1.06. The molecular formula is C18H27FN2O4S. The molecule has 1 unspecified atom stereocenters. The van der Waals surface area contributed by atoms with Crippen molar-refractivity contribution >= 4 is 15.9 Å². The van der Waals surface area contributed by atoms with Crippen LogP contribution >= 0.6 is 0 Å². The molecule has 1 aliphatic carbocycles. The number of nitrogens with one attached hydrogen (secondary N) is 2. The molecule has 2 N–H and O–H groups in total. The summed E-state index contributed by atoms with van der Waals surface area (Å²) < 4.78 is 45.8. The smallest absolute Gasteiger partial charge is 0.245 e. The molecule has 26 heavy (non-hydrogen) atoms. The molecule has 8 heteroatoms. The first-order valence-corrected chi connectivity index (χ1v) is 10.5. The molecule has 0 aromatic heterocycles. The van der Waals surface area contributed by atoms with Gasteiger partial charge in [0.05, 0.1) is 13.2 Å². The Bertz CT molecular complexity index is 716. The third-order valence-corrected chi connectivity index (χ3v) is 6.15. The number of methoxy groups -OCH3 is 1. The number of sulfonamides is 1. The summed E-state index contributed by atoms with van der Waals surface area (Å²) in [6.45, 7) is 1.47. The number of carbonyl (C=O) groups is 1. The van der Waals surface area contributed by atoms with Gasteiger partial charge in [0.2, 0.25) is 15.9 Å². The molecule has 0 saturated heterocycles. The average Bonchev–Trinajstić information content (AvgIpc) is 2.56. The summed E-state index contributed by atoms with van der Waals surface area (Å²) in [4.78, 5) is 12.1. The minimum Gasteiger partial charge on any atom is -0.495 e. The van der Waals surface area contributed by atoms with E-state index in [9.17, 15) is 17.6 Å². The highest BCUT2D eigenvalue weighted by atomic mass is 32.2. The van der Waals surface area contributed by atoms with Gasteiger partial charge in [0.25, 0.3) is 0 Å². The Morgan fingerprint density at radius 2 is 1.81 bits per heavy atom. The standard InChI is InChI=1S/C18H27FN2O4S/c1-13(18(22)20-15-8-6-4-3-5-7-9-15)21-26(23,24)17-12-14(19)10-11-16(17)25-2/h10-13,15,21H,3-9H2,1-2H3,(H,20,22). The highest BCUT2D eigenvalue weighted by molar-refractivity contribution is 7.89. The maximum Gasteiger partial charge on any atom is 0.245 e. The van der Waals surface area contributed by atoms with Crippen LogP contribution in [0.5, 0.6) is 5.75 Å². The number of amides is 1. The predicted molar refractivity (Wildman–Crippen MR) is 97.0 cm³/mol. The SMILES string of the molecule is COc1ccc(F)cc1S(=O)(=O)NC(C)C(=O)NC1CCCCCCC1. The molecule has 1 aliphatic rings. The van der Waals surface area contributed by atoms with Gasteiger partial charge in [0.15, 0.2) is 0 Å². The van der Waals surface area contributed by atoms with Crippen molar-refractivity contribution in [2.24, 2.45) is 0 Å². The van der Waals surface area contributed by atoms with Crippen LogP contribution in [-0.2, 0) is 14.8 Å². The molecule has 1 fully saturated rings. The average molecular weight is 386 g/mol. The van der Waals surface area contributed by atoms with E-state index in [-0.39, 0.29) is 22.6 Å².